The lowest BCUT2D eigenvalue weighted by Crippen LogP contribution is -2.28. The first kappa shape index (κ1) is 25.0. The topological polar surface area (TPSA) is 36.7 Å². The fraction of sp³-hybridized carbons (Fsp3) is 0.0244. The number of hydrogen-bond donors (Lipinski definition) is 0. The Morgan fingerprint density at radius 1 is 0.488 bits per heavy atom. The lowest BCUT2D eigenvalue weighted by Gasteiger charge is -2.34. The largest absolute Gasteiger partial charge is 0.246 e. The van der Waals surface area contributed by atoms with Crippen LogP contribution in [0.1, 0.15) is 27.9 Å². The van der Waals surface area contributed by atoms with E-state index < -0.39 is 5.41 Å². The van der Waals surface area contributed by atoms with Gasteiger partial charge in [-0.15, -0.1) is 0 Å². The monoisotopic (exact) mass is 546 g/mol. The van der Waals surface area contributed by atoms with E-state index in [0.717, 1.165) is 16.7 Å². The summed E-state index contributed by atoms with van der Waals surface area (Å²) in [6.07, 6.45) is 1.69. The lowest BCUT2D eigenvalue weighted by molar-refractivity contribution is 0.769. The van der Waals surface area contributed by atoms with Crippen LogP contribution in [0, 0.1) is 11.3 Å². The van der Waals surface area contributed by atoms with Gasteiger partial charge >= 0.3 is 0 Å². The Morgan fingerprint density at radius 3 is 1.79 bits per heavy atom. The van der Waals surface area contributed by atoms with Gasteiger partial charge < -0.3 is 0 Å². The molecule has 0 N–H and O–H groups in total. The summed E-state index contributed by atoms with van der Waals surface area (Å²) in [6.45, 7) is 0. The first-order valence-corrected chi connectivity index (χ1v) is 14.5. The summed E-state index contributed by atoms with van der Waals surface area (Å²) in [5, 5.41) is 11.8. The van der Waals surface area contributed by atoms with Crippen molar-refractivity contribution in [2.75, 3.05) is 0 Å². The van der Waals surface area contributed by atoms with E-state index in [1.165, 1.54) is 49.7 Å². The minimum absolute atomic E-state index is 0.420. The van der Waals surface area contributed by atoms with Gasteiger partial charge in [0.05, 0.1) is 5.41 Å². The molecule has 1 aliphatic carbocycles. The molecule has 43 heavy (non-hydrogen) atoms. The molecule has 2 heteroatoms. The van der Waals surface area contributed by atoms with E-state index in [-0.39, 0.29) is 0 Å². The van der Waals surface area contributed by atoms with Crippen LogP contribution in [0.2, 0.25) is 0 Å². The Morgan fingerprint density at radius 2 is 1.09 bits per heavy atom. The van der Waals surface area contributed by atoms with Crippen molar-refractivity contribution < 1.29 is 0 Å². The SMILES string of the molecule is N#Cc1cc(-c2ccc(-c3cc4c(c5ccccc35)-c3ccccc3C4(c3ccccc3)c3ccccc3)cc2)ccn1. The molecule has 2 nitrogen and oxygen atoms in total. The third kappa shape index (κ3) is 3.76. The summed E-state index contributed by atoms with van der Waals surface area (Å²) in [5.74, 6) is 0. The van der Waals surface area contributed by atoms with Gasteiger partial charge in [-0.2, -0.15) is 5.26 Å². The van der Waals surface area contributed by atoms with E-state index >= 15 is 0 Å². The normalized spacial score (nSPS) is 12.8. The lowest BCUT2D eigenvalue weighted by atomic mass is 9.67. The molecule has 0 fully saturated rings. The molecule has 0 aliphatic heterocycles. The number of aromatic nitrogens is 1. The average Bonchev–Trinajstić information content (AvgIpc) is 3.40. The highest BCUT2D eigenvalue weighted by Crippen LogP contribution is 2.58. The molecule has 0 bridgehead atoms. The van der Waals surface area contributed by atoms with Crippen LogP contribution < -0.4 is 0 Å². The summed E-state index contributed by atoms with van der Waals surface area (Å²) >= 11 is 0. The average molecular weight is 547 g/mol. The second kappa shape index (κ2) is 9.94. The van der Waals surface area contributed by atoms with Gasteiger partial charge in [0.2, 0.25) is 0 Å². The van der Waals surface area contributed by atoms with Crippen LogP contribution in [0.5, 0.6) is 0 Å². The number of fused-ring (bicyclic) bond motifs is 5. The minimum Gasteiger partial charge on any atom is -0.246 e. The molecule has 0 radical (unpaired) electrons. The molecule has 0 unspecified atom stereocenters. The fourth-order valence-electron chi connectivity index (χ4n) is 7.05. The molecule has 6 aromatic carbocycles. The van der Waals surface area contributed by atoms with Gasteiger partial charge in [0.1, 0.15) is 11.8 Å². The Bertz CT molecular complexity index is 2130. The molecule has 0 atom stereocenters. The predicted octanol–water partition coefficient (Wildman–Crippen LogP) is 9.80. The molecule has 1 heterocycles. The number of rotatable bonds is 4. The van der Waals surface area contributed by atoms with Crippen molar-refractivity contribution in [1.82, 2.24) is 4.98 Å². The zero-order valence-corrected chi connectivity index (χ0v) is 23.4. The summed E-state index contributed by atoms with van der Waals surface area (Å²) in [4.78, 5) is 4.14. The van der Waals surface area contributed by atoms with Crippen molar-refractivity contribution in [3.63, 3.8) is 0 Å². The molecule has 0 saturated carbocycles. The van der Waals surface area contributed by atoms with Crippen molar-refractivity contribution in [3.05, 3.63) is 186 Å². The molecule has 200 valence electrons. The number of benzene rings is 6. The van der Waals surface area contributed by atoms with Gasteiger partial charge in [-0.25, -0.2) is 4.98 Å². The van der Waals surface area contributed by atoms with Crippen molar-refractivity contribution in [2.24, 2.45) is 0 Å². The van der Waals surface area contributed by atoms with E-state index in [0.29, 0.717) is 5.69 Å². The van der Waals surface area contributed by atoms with Crippen LogP contribution in [0.15, 0.2) is 158 Å². The number of nitrogens with zero attached hydrogens (tertiary/aromatic N) is 2. The summed E-state index contributed by atoms with van der Waals surface area (Å²) in [7, 11) is 0. The maximum Gasteiger partial charge on any atom is 0.141 e. The summed E-state index contributed by atoms with van der Waals surface area (Å²) < 4.78 is 0. The zero-order valence-electron chi connectivity index (χ0n) is 23.4. The van der Waals surface area contributed by atoms with E-state index in [2.05, 4.69) is 151 Å². The smallest absolute Gasteiger partial charge is 0.141 e. The molecule has 7 aromatic rings. The first-order chi connectivity index (χ1) is 21.3. The van der Waals surface area contributed by atoms with Crippen molar-refractivity contribution in [1.29, 1.82) is 5.26 Å². The molecule has 1 aromatic heterocycles. The second-order valence-electron chi connectivity index (χ2n) is 11.0. The van der Waals surface area contributed by atoms with Crippen LogP contribution in [-0.4, -0.2) is 4.98 Å². The molecule has 8 rings (SSSR count). The van der Waals surface area contributed by atoms with Crippen LogP contribution in [0.3, 0.4) is 0 Å². The number of pyridine rings is 1. The van der Waals surface area contributed by atoms with Crippen LogP contribution in [0.4, 0.5) is 0 Å². The highest BCUT2D eigenvalue weighted by atomic mass is 14.7. The third-order valence-corrected chi connectivity index (χ3v) is 8.87. The maximum atomic E-state index is 9.34. The van der Waals surface area contributed by atoms with Gasteiger partial charge in [0, 0.05) is 6.20 Å². The van der Waals surface area contributed by atoms with E-state index in [1.54, 1.807) is 6.20 Å². The van der Waals surface area contributed by atoms with E-state index in [1.807, 2.05) is 12.1 Å². The molecule has 0 saturated heterocycles. The fourth-order valence-corrected chi connectivity index (χ4v) is 7.05. The highest BCUT2D eigenvalue weighted by Gasteiger charge is 2.46. The molecule has 0 spiro atoms. The van der Waals surface area contributed by atoms with Crippen molar-refractivity contribution >= 4 is 10.8 Å². The standard InChI is InChI=1S/C41H26N2/c42-27-33-25-30(23-24-43-33)28-19-21-29(22-20-28)37-26-39-40(35-16-8-7-15-34(35)37)36-17-9-10-18-38(36)41(39,31-11-3-1-4-12-31)32-13-5-2-6-14-32/h1-26H. The quantitative estimate of drug-likeness (QED) is 0.220. The van der Waals surface area contributed by atoms with Crippen LogP contribution in [-0.2, 0) is 5.41 Å². The molecule has 0 amide bonds. The number of hydrogen-bond acceptors (Lipinski definition) is 2. The van der Waals surface area contributed by atoms with E-state index in [9.17, 15) is 5.26 Å². The first-order valence-electron chi connectivity index (χ1n) is 14.5. The van der Waals surface area contributed by atoms with Gasteiger partial charge in [0.25, 0.3) is 0 Å². The van der Waals surface area contributed by atoms with Crippen LogP contribution in [0.25, 0.3) is 44.2 Å². The third-order valence-electron chi connectivity index (χ3n) is 8.87. The Balaban J connectivity index is 1.43. The Labute approximate surface area is 251 Å². The van der Waals surface area contributed by atoms with Crippen molar-refractivity contribution in [3.8, 4) is 39.4 Å². The van der Waals surface area contributed by atoms with Gasteiger partial charge in [-0.3, -0.25) is 0 Å². The molecular formula is C41H26N2. The van der Waals surface area contributed by atoms with E-state index in [4.69, 9.17) is 0 Å². The summed E-state index contributed by atoms with van der Waals surface area (Å²) in [5.41, 5.74) is 12.1. The number of nitriles is 1. The zero-order chi connectivity index (χ0) is 28.8. The van der Waals surface area contributed by atoms with Gasteiger partial charge in [-0.1, -0.05) is 133 Å². The van der Waals surface area contributed by atoms with Crippen LogP contribution >= 0.6 is 0 Å². The predicted molar refractivity (Wildman–Crippen MR) is 175 cm³/mol. The van der Waals surface area contributed by atoms with Gasteiger partial charge in [-0.05, 0) is 84.6 Å². The Kier molecular flexibility index (Phi) is 5.77. The van der Waals surface area contributed by atoms with Crippen molar-refractivity contribution in [2.45, 2.75) is 5.41 Å². The summed E-state index contributed by atoms with van der Waals surface area (Å²) in [6, 6.07) is 56.7. The second-order valence-corrected chi connectivity index (χ2v) is 11.0. The molecule has 1 aliphatic rings. The Hall–Kier alpha value is -5.78. The maximum absolute atomic E-state index is 9.34. The van der Waals surface area contributed by atoms with Gasteiger partial charge in [0.15, 0.2) is 0 Å². The highest BCUT2D eigenvalue weighted by molar-refractivity contribution is 6.10. The minimum atomic E-state index is -0.460. The molecular weight excluding hydrogens is 520 g/mol.